The lowest BCUT2D eigenvalue weighted by Crippen LogP contribution is -2.48. The highest BCUT2D eigenvalue weighted by Gasteiger charge is 2.36. The minimum absolute atomic E-state index is 0.389. The third-order valence-corrected chi connectivity index (χ3v) is 4.03. The molecule has 3 rings (SSSR count). The molecule has 1 saturated heterocycles. The number of morpholine rings is 1. The second-order valence-electron chi connectivity index (χ2n) is 5.03. The van der Waals surface area contributed by atoms with Crippen LogP contribution in [0.15, 0.2) is 18.2 Å². The fraction of sp³-hybridized carbons (Fsp3) is 0.571. The molecule has 1 saturated carbocycles. The van der Waals surface area contributed by atoms with E-state index in [1.165, 1.54) is 19.3 Å². The van der Waals surface area contributed by atoms with E-state index in [1.54, 1.807) is 7.11 Å². The Kier molecular flexibility index (Phi) is 3.04. The van der Waals surface area contributed by atoms with Gasteiger partial charge in [0.15, 0.2) is 0 Å². The quantitative estimate of drug-likeness (QED) is 0.814. The molecule has 0 bridgehead atoms. The summed E-state index contributed by atoms with van der Waals surface area (Å²) >= 11 is 0. The zero-order chi connectivity index (χ0) is 12.5. The predicted octanol–water partition coefficient (Wildman–Crippen LogP) is 2.04. The Morgan fingerprint density at radius 1 is 1.39 bits per heavy atom. The summed E-state index contributed by atoms with van der Waals surface area (Å²) in [5.41, 5.74) is 8.06. The van der Waals surface area contributed by atoms with E-state index in [2.05, 4.69) is 11.0 Å². The van der Waals surface area contributed by atoms with Crippen LogP contribution in [0.4, 0.5) is 11.4 Å². The molecule has 1 aromatic carbocycles. The van der Waals surface area contributed by atoms with Crippen LogP contribution in [-0.2, 0) is 4.74 Å². The number of nitrogen functional groups attached to an aromatic ring is 1. The molecule has 1 heterocycles. The van der Waals surface area contributed by atoms with Crippen molar-refractivity contribution in [2.24, 2.45) is 0 Å². The summed E-state index contributed by atoms with van der Waals surface area (Å²) in [5.74, 6) is 0.812. The SMILES string of the molecule is COc1ccc(N2CCOC3CCCC32)c(N)c1. The molecule has 2 unspecified atom stereocenters. The Morgan fingerprint density at radius 3 is 3.06 bits per heavy atom. The number of anilines is 2. The van der Waals surface area contributed by atoms with Crippen molar-refractivity contribution in [2.75, 3.05) is 30.9 Å². The van der Waals surface area contributed by atoms with Gasteiger partial charge in [-0.15, -0.1) is 0 Å². The van der Waals surface area contributed by atoms with Crippen LogP contribution in [0.2, 0.25) is 0 Å². The fourth-order valence-electron chi connectivity index (χ4n) is 3.15. The summed E-state index contributed by atoms with van der Waals surface area (Å²) < 4.78 is 11.0. The first-order chi connectivity index (χ1) is 8.79. The molecule has 2 aliphatic rings. The number of hydrogen-bond acceptors (Lipinski definition) is 4. The average Bonchev–Trinajstić information content (AvgIpc) is 2.87. The molecule has 1 aromatic rings. The summed E-state index contributed by atoms with van der Waals surface area (Å²) in [6, 6.07) is 6.43. The molecule has 2 fully saturated rings. The van der Waals surface area contributed by atoms with Gasteiger partial charge >= 0.3 is 0 Å². The number of methoxy groups -OCH3 is 1. The molecule has 4 heteroatoms. The topological polar surface area (TPSA) is 47.7 Å². The van der Waals surface area contributed by atoms with Crippen LogP contribution in [0.3, 0.4) is 0 Å². The number of hydrogen-bond donors (Lipinski definition) is 1. The molecule has 18 heavy (non-hydrogen) atoms. The van der Waals surface area contributed by atoms with Crippen molar-refractivity contribution in [3.05, 3.63) is 18.2 Å². The van der Waals surface area contributed by atoms with Crippen LogP contribution < -0.4 is 15.4 Å². The van der Waals surface area contributed by atoms with Crippen molar-refractivity contribution in [3.8, 4) is 5.75 Å². The summed E-state index contributed by atoms with van der Waals surface area (Å²) in [7, 11) is 1.66. The second-order valence-corrected chi connectivity index (χ2v) is 5.03. The van der Waals surface area contributed by atoms with Gasteiger partial charge < -0.3 is 20.1 Å². The molecule has 0 spiro atoms. The minimum atomic E-state index is 0.389. The first-order valence-corrected chi connectivity index (χ1v) is 6.61. The Labute approximate surface area is 108 Å². The highest BCUT2D eigenvalue weighted by atomic mass is 16.5. The summed E-state index contributed by atoms with van der Waals surface area (Å²) in [6.07, 6.45) is 4.02. The van der Waals surface area contributed by atoms with E-state index in [9.17, 15) is 0 Å². The Balaban J connectivity index is 1.89. The van der Waals surface area contributed by atoms with Crippen molar-refractivity contribution < 1.29 is 9.47 Å². The van der Waals surface area contributed by atoms with Gasteiger partial charge in [0.25, 0.3) is 0 Å². The van der Waals surface area contributed by atoms with Crippen LogP contribution in [0.25, 0.3) is 0 Å². The molecule has 0 radical (unpaired) electrons. The second kappa shape index (κ2) is 4.69. The zero-order valence-corrected chi connectivity index (χ0v) is 10.8. The lowest BCUT2D eigenvalue weighted by atomic mass is 10.1. The normalized spacial score (nSPS) is 27.1. The highest BCUT2D eigenvalue weighted by Crippen LogP contribution is 2.36. The molecule has 1 aliphatic carbocycles. The van der Waals surface area contributed by atoms with Gasteiger partial charge in [0.1, 0.15) is 5.75 Å². The van der Waals surface area contributed by atoms with Crippen LogP contribution >= 0.6 is 0 Å². The van der Waals surface area contributed by atoms with E-state index in [1.807, 2.05) is 12.1 Å². The van der Waals surface area contributed by atoms with Gasteiger partial charge in [0, 0.05) is 12.6 Å². The summed E-state index contributed by atoms with van der Waals surface area (Å²) in [5, 5.41) is 0. The van der Waals surface area contributed by atoms with E-state index >= 15 is 0 Å². The van der Waals surface area contributed by atoms with Crippen molar-refractivity contribution >= 4 is 11.4 Å². The fourth-order valence-corrected chi connectivity index (χ4v) is 3.15. The first-order valence-electron chi connectivity index (χ1n) is 6.61. The van der Waals surface area contributed by atoms with E-state index < -0.39 is 0 Å². The zero-order valence-electron chi connectivity index (χ0n) is 10.8. The van der Waals surface area contributed by atoms with E-state index in [0.29, 0.717) is 12.1 Å². The smallest absolute Gasteiger partial charge is 0.121 e. The third-order valence-electron chi connectivity index (χ3n) is 4.03. The predicted molar refractivity (Wildman–Crippen MR) is 72.1 cm³/mol. The maximum atomic E-state index is 6.15. The Bertz CT molecular complexity index is 436. The van der Waals surface area contributed by atoms with Gasteiger partial charge in [-0.2, -0.15) is 0 Å². The lowest BCUT2D eigenvalue weighted by Gasteiger charge is -2.39. The number of rotatable bonds is 2. The number of nitrogens with zero attached hydrogens (tertiary/aromatic N) is 1. The van der Waals surface area contributed by atoms with E-state index in [-0.39, 0.29) is 0 Å². The van der Waals surface area contributed by atoms with Gasteiger partial charge in [-0.25, -0.2) is 0 Å². The molecular weight excluding hydrogens is 228 g/mol. The number of fused-ring (bicyclic) bond motifs is 1. The monoisotopic (exact) mass is 248 g/mol. The maximum Gasteiger partial charge on any atom is 0.121 e. The lowest BCUT2D eigenvalue weighted by molar-refractivity contribution is 0.0257. The number of ether oxygens (including phenoxy) is 2. The minimum Gasteiger partial charge on any atom is -0.497 e. The van der Waals surface area contributed by atoms with Gasteiger partial charge in [0.2, 0.25) is 0 Å². The van der Waals surface area contributed by atoms with Crippen LogP contribution in [0.5, 0.6) is 5.75 Å². The van der Waals surface area contributed by atoms with Crippen LogP contribution in [-0.4, -0.2) is 32.4 Å². The molecule has 2 N–H and O–H groups in total. The molecule has 4 nitrogen and oxygen atoms in total. The average molecular weight is 248 g/mol. The Hall–Kier alpha value is -1.42. The number of benzene rings is 1. The standard InChI is InChI=1S/C14H20N2O2/c1-17-10-5-6-12(11(15)9-10)16-7-8-18-14-4-2-3-13(14)16/h5-6,9,13-14H,2-4,7-8,15H2,1H3. The summed E-state index contributed by atoms with van der Waals surface area (Å²) in [6.45, 7) is 1.73. The van der Waals surface area contributed by atoms with Gasteiger partial charge in [-0.05, 0) is 31.4 Å². The van der Waals surface area contributed by atoms with Crippen LogP contribution in [0.1, 0.15) is 19.3 Å². The molecular formula is C14H20N2O2. The highest BCUT2D eigenvalue weighted by molar-refractivity contribution is 5.70. The molecule has 98 valence electrons. The third kappa shape index (κ3) is 1.90. The largest absolute Gasteiger partial charge is 0.497 e. The summed E-state index contributed by atoms with van der Waals surface area (Å²) in [4.78, 5) is 2.41. The van der Waals surface area contributed by atoms with Gasteiger partial charge in [-0.3, -0.25) is 0 Å². The molecule has 1 aliphatic heterocycles. The van der Waals surface area contributed by atoms with Gasteiger partial charge in [-0.1, -0.05) is 0 Å². The van der Waals surface area contributed by atoms with Crippen molar-refractivity contribution in [1.82, 2.24) is 0 Å². The van der Waals surface area contributed by atoms with Crippen LogP contribution in [0, 0.1) is 0 Å². The van der Waals surface area contributed by atoms with E-state index in [4.69, 9.17) is 15.2 Å². The number of nitrogens with two attached hydrogens (primary N) is 1. The Morgan fingerprint density at radius 2 is 2.28 bits per heavy atom. The van der Waals surface area contributed by atoms with E-state index in [0.717, 1.165) is 30.3 Å². The molecule has 0 amide bonds. The maximum absolute atomic E-state index is 6.15. The molecule has 2 atom stereocenters. The van der Waals surface area contributed by atoms with Crippen molar-refractivity contribution in [3.63, 3.8) is 0 Å². The van der Waals surface area contributed by atoms with Gasteiger partial charge in [0.05, 0.1) is 37.2 Å². The first kappa shape index (κ1) is 11.7. The van der Waals surface area contributed by atoms with Crippen molar-refractivity contribution in [1.29, 1.82) is 0 Å². The van der Waals surface area contributed by atoms with Crippen molar-refractivity contribution in [2.45, 2.75) is 31.4 Å². The molecule has 0 aromatic heterocycles.